The monoisotopic (exact) mass is 219 g/mol. The lowest BCUT2D eigenvalue weighted by Crippen LogP contribution is -2.08. The van der Waals surface area contributed by atoms with Gasteiger partial charge in [-0.05, 0) is 18.7 Å². The molecular weight excluding hydrogens is 212 g/mol. The van der Waals surface area contributed by atoms with Crippen LogP contribution in [0, 0.1) is 11.6 Å². The largest absolute Gasteiger partial charge is 0.330 e. The third-order valence-electron chi connectivity index (χ3n) is 1.68. The van der Waals surface area contributed by atoms with E-state index in [1.807, 2.05) is 0 Å². The molecule has 0 bridgehead atoms. The number of hydrogen-bond acceptors (Lipinski definition) is 2. The van der Waals surface area contributed by atoms with Crippen molar-refractivity contribution in [2.75, 3.05) is 6.54 Å². The molecule has 0 saturated heterocycles. The lowest BCUT2D eigenvalue weighted by Gasteiger charge is -2.01. The maximum Gasteiger partial charge on any atom is 0.177 e. The minimum atomic E-state index is -1.14. The topological polar surface area (TPSA) is 43.1 Å². The van der Waals surface area contributed by atoms with E-state index >= 15 is 0 Å². The SMILES string of the molecule is NCCC(=O)c1cc(F)c(F)c(Cl)c1. The summed E-state index contributed by atoms with van der Waals surface area (Å²) in [5.74, 6) is -2.62. The Morgan fingerprint density at radius 1 is 1.43 bits per heavy atom. The van der Waals surface area contributed by atoms with Crippen molar-refractivity contribution < 1.29 is 13.6 Å². The molecule has 0 saturated carbocycles. The zero-order chi connectivity index (χ0) is 10.7. The van der Waals surface area contributed by atoms with E-state index in [-0.39, 0.29) is 24.3 Å². The predicted octanol–water partition coefficient (Wildman–Crippen LogP) is 2.15. The van der Waals surface area contributed by atoms with Crippen molar-refractivity contribution in [1.82, 2.24) is 0 Å². The molecule has 0 atom stereocenters. The predicted molar refractivity (Wildman–Crippen MR) is 49.4 cm³/mol. The van der Waals surface area contributed by atoms with Gasteiger partial charge in [-0.2, -0.15) is 0 Å². The quantitative estimate of drug-likeness (QED) is 0.625. The summed E-state index contributed by atoms with van der Waals surface area (Å²) in [6.07, 6.45) is 0.0847. The lowest BCUT2D eigenvalue weighted by molar-refractivity contribution is 0.0985. The van der Waals surface area contributed by atoms with Crippen molar-refractivity contribution in [3.8, 4) is 0 Å². The molecule has 1 aromatic rings. The second kappa shape index (κ2) is 4.48. The number of carbonyl (C=O) groups is 1. The maximum atomic E-state index is 12.8. The van der Waals surface area contributed by atoms with Gasteiger partial charge >= 0.3 is 0 Å². The molecule has 0 unspecified atom stereocenters. The van der Waals surface area contributed by atoms with Gasteiger partial charge in [-0.15, -0.1) is 0 Å². The summed E-state index contributed by atoms with van der Waals surface area (Å²) in [4.78, 5) is 11.2. The summed E-state index contributed by atoms with van der Waals surface area (Å²) >= 11 is 5.36. The van der Waals surface area contributed by atoms with E-state index in [0.717, 1.165) is 12.1 Å². The molecule has 76 valence electrons. The highest BCUT2D eigenvalue weighted by Gasteiger charge is 2.12. The number of Topliss-reactive ketones (excluding diaryl/α,β-unsaturated/α-hetero) is 1. The first kappa shape index (κ1) is 11.1. The molecule has 0 aromatic heterocycles. The van der Waals surface area contributed by atoms with Crippen LogP contribution in [0.15, 0.2) is 12.1 Å². The number of rotatable bonds is 3. The average Bonchev–Trinajstić information content (AvgIpc) is 2.13. The Balaban J connectivity index is 3.06. The molecule has 0 amide bonds. The van der Waals surface area contributed by atoms with Crippen LogP contribution >= 0.6 is 11.6 Å². The van der Waals surface area contributed by atoms with E-state index < -0.39 is 16.7 Å². The molecule has 0 fully saturated rings. The third kappa shape index (κ3) is 2.27. The minimum absolute atomic E-state index is 0.0411. The van der Waals surface area contributed by atoms with Gasteiger partial charge in [-0.25, -0.2) is 8.78 Å². The molecule has 1 rings (SSSR count). The molecule has 0 heterocycles. The van der Waals surface area contributed by atoms with Gasteiger partial charge in [0.15, 0.2) is 17.4 Å². The van der Waals surface area contributed by atoms with Crippen molar-refractivity contribution in [2.45, 2.75) is 6.42 Å². The first-order valence-corrected chi connectivity index (χ1v) is 4.32. The number of nitrogens with two attached hydrogens (primary N) is 1. The zero-order valence-corrected chi connectivity index (χ0v) is 7.94. The van der Waals surface area contributed by atoms with Gasteiger partial charge < -0.3 is 5.73 Å². The Morgan fingerprint density at radius 3 is 2.57 bits per heavy atom. The maximum absolute atomic E-state index is 12.8. The van der Waals surface area contributed by atoms with E-state index in [2.05, 4.69) is 0 Å². The van der Waals surface area contributed by atoms with Gasteiger partial charge in [0.25, 0.3) is 0 Å². The second-order valence-corrected chi connectivity index (χ2v) is 3.12. The van der Waals surface area contributed by atoms with Crippen molar-refractivity contribution in [1.29, 1.82) is 0 Å². The average molecular weight is 220 g/mol. The molecule has 14 heavy (non-hydrogen) atoms. The highest BCUT2D eigenvalue weighted by Crippen LogP contribution is 2.20. The van der Waals surface area contributed by atoms with Crippen LogP contribution in [-0.2, 0) is 0 Å². The van der Waals surface area contributed by atoms with Crippen LogP contribution in [0.25, 0.3) is 0 Å². The van der Waals surface area contributed by atoms with Crippen LogP contribution in [0.1, 0.15) is 16.8 Å². The molecule has 5 heteroatoms. The van der Waals surface area contributed by atoms with Crippen LogP contribution < -0.4 is 5.73 Å². The fourth-order valence-electron chi connectivity index (χ4n) is 0.992. The molecule has 0 aliphatic heterocycles. The number of hydrogen-bond donors (Lipinski definition) is 1. The normalized spacial score (nSPS) is 10.3. The Hall–Kier alpha value is -1.00. The summed E-state index contributed by atoms with van der Waals surface area (Å²) in [7, 11) is 0. The van der Waals surface area contributed by atoms with Gasteiger partial charge in [-0.3, -0.25) is 4.79 Å². The number of ketones is 1. The molecular formula is C9H8ClF2NO. The van der Waals surface area contributed by atoms with E-state index in [0.29, 0.717) is 0 Å². The van der Waals surface area contributed by atoms with Crippen LogP contribution in [0.4, 0.5) is 8.78 Å². The van der Waals surface area contributed by atoms with Gasteiger partial charge in [-0.1, -0.05) is 11.6 Å². The number of carbonyl (C=O) groups excluding carboxylic acids is 1. The van der Waals surface area contributed by atoms with Crippen LogP contribution in [0.5, 0.6) is 0 Å². The standard InChI is InChI=1S/C9H8ClF2NO/c10-6-3-5(8(14)1-2-13)4-7(11)9(6)12/h3-4H,1-2,13H2. The van der Waals surface area contributed by atoms with Crippen molar-refractivity contribution >= 4 is 17.4 Å². The Bertz CT molecular complexity index is 345. The van der Waals surface area contributed by atoms with Gasteiger partial charge in [0.1, 0.15) is 0 Å². The fraction of sp³-hybridized carbons (Fsp3) is 0.222. The summed E-state index contributed by atoms with van der Waals surface area (Å²) in [6, 6.07) is 1.91. The summed E-state index contributed by atoms with van der Waals surface area (Å²) < 4.78 is 25.5. The first-order chi connectivity index (χ1) is 6.56. The van der Waals surface area contributed by atoms with Gasteiger partial charge in [0, 0.05) is 12.0 Å². The third-order valence-corrected chi connectivity index (χ3v) is 1.95. The highest BCUT2D eigenvalue weighted by atomic mass is 35.5. The molecule has 0 spiro atoms. The van der Waals surface area contributed by atoms with Crippen LogP contribution in [0.2, 0.25) is 5.02 Å². The van der Waals surface area contributed by atoms with E-state index in [1.54, 1.807) is 0 Å². The number of benzene rings is 1. The molecule has 0 aliphatic rings. The smallest absolute Gasteiger partial charge is 0.177 e. The van der Waals surface area contributed by atoms with Crippen molar-refractivity contribution in [3.05, 3.63) is 34.4 Å². The zero-order valence-electron chi connectivity index (χ0n) is 7.19. The molecule has 2 nitrogen and oxygen atoms in total. The van der Waals surface area contributed by atoms with Gasteiger partial charge in [0.2, 0.25) is 0 Å². The van der Waals surface area contributed by atoms with Crippen molar-refractivity contribution in [3.63, 3.8) is 0 Å². The lowest BCUT2D eigenvalue weighted by atomic mass is 10.1. The molecule has 2 N–H and O–H groups in total. The summed E-state index contributed by atoms with van der Waals surface area (Å²) in [5.41, 5.74) is 5.19. The first-order valence-electron chi connectivity index (χ1n) is 3.94. The van der Waals surface area contributed by atoms with Crippen molar-refractivity contribution in [2.24, 2.45) is 5.73 Å². The van der Waals surface area contributed by atoms with E-state index in [4.69, 9.17) is 17.3 Å². The van der Waals surface area contributed by atoms with E-state index in [9.17, 15) is 13.6 Å². The summed E-state index contributed by atoms with van der Waals surface area (Å²) in [6.45, 7) is 0.162. The summed E-state index contributed by atoms with van der Waals surface area (Å²) in [5, 5.41) is -0.398. The minimum Gasteiger partial charge on any atom is -0.330 e. The van der Waals surface area contributed by atoms with Crippen LogP contribution in [0.3, 0.4) is 0 Å². The van der Waals surface area contributed by atoms with E-state index in [1.165, 1.54) is 0 Å². The molecule has 1 aromatic carbocycles. The number of halogens is 3. The Labute approximate surface area is 84.7 Å². The highest BCUT2D eigenvalue weighted by molar-refractivity contribution is 6.31. The molecule has 0 aliphatic carbocycles. The van der Waals surface area contributed by atoms with Crippen LogP contribution in [-0.4, -0.2) is 12.3 Å². The Kier molecular flexibility index (Phi) is 3.55. The van der Waals surface area contributed by atoms with Gasteiger partial charge in [0.05, 0.1) is 5.02 Å². The molecule has 0 radical (unpaired) electrons. The Morgan fingerprint density at radius 2 is 2.07 bits per heavy atom. The fourth-order valence-corrected chi connectivity index (χ4v) is 1.20. The second-order valence-electron chi connectivity index (χ2n) is 2.72.